The molecular formula is C8H7NO5. The van der Waals surface area contributed by atoms with Gasteiger partial charge in [-0.2, -0.15) is 5.26 Å². The number of aromatic carboxylic acids is 1. The lowest BCUT2D eigenvalue weighted by Crippen LogP contribution is -2.06. The molecule has 14 heavy (non-hydrogen) atoms. The number of carbonyl (C=O) groups excluding carboxylic acids is 1. The molecule has 0 bridgehead atoms. The third-order valence-electron chi connectivity index (χ3n) is 1.52. The highest BCUT2D eigenvalue weighted by Gasteiger charge is 2.12. The van der Waals surface area contributed by atoms with Gasteiger partial charge in [-0.05, 0) is 18.2 Å². The van der Waals surface area contributed by atoms with Crippen molar-refractivity contribution < 1.29 is 24.8 Å². The summed E-state index contributed by atoms with van der Waals surface area (Å²) in [5.74, 6) is -2.27. The third-order valence-corrected chi connectivity index (χ3v) is 1.52. The van der Waals surface area contributed by atoms with Crippen LogP contribution in [0.15, 0.2) is 18.2 Å². The zero-order valence-electron chi connectivity index (χ0n) is 6.93. The van der Waals surface area contributed by atoms with Gasteiger partial charge in [-0.1, -0.05) is 0 Å². The molecule has 74 valence electrons. The lowest BCUT2D eigenvalue weighted by atomic mass is 10.1. The summed E-state index contributed by atoms with van der Waals surface area (Å²) in [6.07, 6.45) is 0. The molecule has 0 unspecified atom stereocenters. The number of anilines is 1. The Morgan fingerprint density at radius 2 is 1.79 bits per heavy atom. The van der Waals surface area contributed by atoms with Crippen LogP contribution in [0.5, 0.6) is 0 Å². The van der Waals surface area contributed by atoms with E-state index in [1.807, 2.05) is 0 Å². The second-order valence-corrected chi connectivity index (χ2v) is 2.53. The van der Waals surface area contributed by atoms with Crippen molar-refractivity contribution >= 4 is 17.6 Å². The number of rotatable bonds is 2. The van der Waals surface area contributed by atoms with Gasteiger partial charge in [0.1, 0.15) is 0 Å². The van der Waals surface area contributed by atoms with Crippen molar-refractivity contribution in [1.82, 2.24) is 0 Å². The molecule has 6 nitrogen and oxygen atoms in total. The first kappa shape index (κ1) is 10.0. The predicted molar refractivity (Wildman–Crippen MR) is 45.9 cm³/mol. The first-order chi connectivity index (χ1) is 6.54. The van der Waals surface area contributed by atoms with Crippen LogP contribution in [0.25, 0.3) is 0 Å². The Labute approximate surface area is 78.5 Å². The molecule has 0 amide bonds. The van der Waals surface area contributed by atoms with E-state index >= 15 is 0 Å². The minimum absolute atomic E-state index is 0.102. The Balaban J connectivity index is 3.20. The summed E-state index contributed by atoms with van der Waals surface area (Å²) in [6, 6.07) is 3.44. The van der Waals surface area contributed by atoms with E-state index in [9.17, 15) is 9.59 Å². The average molecular weight is 197 g/mol. The molecule has 0 saturated heterocycles. The summed E-state index contributed by atoms with van der Waals surface area (Å²) >= 11 is 0. The normalized spacial score (nSPS) is 9.50. The van der Waals surface area contributed by atoms with Gasteiger partial charge in [-0.15, -0.1) is 0 Å². The lowest BCUT2D eigenvalue weighted by molar-refractivity contribution is -0.182. The summed E-state index contributed by atoms with van der Waals surface area (Å²) in [4.78, 5) is 24.8. The van der Waals surface area contributed by atoms with Crippen molar-refractivity contribution in [2.75, 3.05) is 5.73 Å². The van der Waals surface area contributed by atoms with Gasteiger partial charge in [0, 0.05) is 5.69 Å². The fourth-order valence-electron chi connectivity index (χ4n) is 0.946. The summed E-state index contributed by atoms with van der Waals surface area (Å²) in [5, 5.41) is 16.7. The molecule has 0 aliphatic rings. The molecule has 0 radical (unpaired) electrons. The van der Waals surface area contributed by atoms with Gasteiger partial charge in [0.2, 0.25) is 0 Å². The quantitative estimate of drug-likeness (QED) is 0.363. The minimum atomic E-state index is -1.22. The van der Waals surface area contributed by atoms with E-state index < -0.39 is 11.9 Å². The van der Waals surface area contributed by atoms with Gasteiger partial charge in [0.15, 0.2) is 0 Å². The molecule has 1 rings (SSSR count). The summed E-state index contributed by atoms with van der Waals surface area (Å²) in [7, 11) is 0. The maximum atomic E-state index is 10.8. The van der Waals surface area contributed by atoms with E-state index in [1.54, 1.807) is 0 Å². The zero-order chi connectivity index (χ0) is 10.7. The van der Waals surface area contributed by atoms with Gasteiger partial charge in [0.05, 0.1) is 11.1 Å². The number of nitrogens with two attached hydrogens (primary N) is 1. The Morgan fingerprint density at radius 1 is 1.21 bits per heavy atom. The first-order valence-electron chi connectivity index (χ1n) is 3.54. The van der Waals surface area contributed by atoms with Crippen LogP contribution in [0.1, 0.15) is 20.7 Å². The number of carbonyl (C=O) groups is 2. The molecule has 4 N–H and O–H groups in total. The number of carboxylic acid groups (broad SMARTS) is 1. The molecule has 0 fully saturated rings. The Kier molecular flexibility index (Phi) is 2.68. The lowest BCUT2D eigenvalue weighted by Gasteiger charge is -2.01. The number of hydrogen-bond donors (Lipinski definition) is 3. The van der Waals surface area contributed by atoms with E-state index in [1.165, 1.54) is 12.1 Å². The van der Waals surface area contributed by atoms with E-state index in [0.29, 0.717) is 0 Å². The van der Waals surface area contributed by atoms with Gasteiger partial charge >= 0.3 is 11.9 Å². The summed E-state index contributed by atoms with van der Waals surface area (Å²) in [5.41, 5.74) is 5.17. The molecule has 0 aliphatic carbocycles. The van der Waals surface area contributed by atoms with Crippen LogP contribution in [0.3, 0.4) is 0 Å². The average Bonchev–Trinajstić information content (AvgIpc) is 2.15. The van der Waals surface area contributed by atoms with Crippen LogP contribution in [0.2, 0.25) is 0 Å². The molecule has 0 aliphatic heterocycles. The molecule has 0 saturated carbocycles. The zero-order valence-corrected chi connectivity index (χ0v) is 6.93. The Hall–Kier alpha value is -2.08. The second-order valence-electron chi connectivity index (χ2n) is 2.53. The molecule has 0 atom stereocenters. The van der Waals surface area contributed by atoms with Gasteiger partial charge in [-0.25, -0.2) is 9.59 Å². The number of hydrogen-bond acceptors (Lipinski definition) is 5. The Bertz CT molecular complexity index is 387. The largest absolute Gasteiger partial charge is 0.478 e. The van der Waals surface area contributed by atoms with Crippen molar-refractivity contribution in [2.45, 2.75) is 0 Å². The second kappa shape index (κ2) is 3.75. The minimum Gasteiger partial charge on any atom is -0.478 e. The maximum absolute atomic E-state index is 10.8. The van der Waals surface area contributed by atoms with Crippen LogP contribution < -0.4 is 5.73 Å². The van der Waals surface area contributed by atoms with E-state index in [4.69, 9.17) is 16.1 Å². The molecular weight excluding hydrogens is 190 g/mol. The van der Waals surface area contributed by atoms with E-state index in [2.05, 4.69) is 4.89 Å². The van der Waals surface area contributed by atoms with Crippen LogP contribution in [-0.2, 0) is 4.89 Å². The third kappa shape index (κ3) is 1.99. The predicted octanol–water partition coefficient (Wildman–Crippen LogP) is 0.597. The number of benzene rings is 1. The van der Waals surface area contributed by atoms with Gasteiger partial charge in [-0.3, -0.25) is 4.89 Å². The molecule has 1 aromatic carbocycles. The molecule has 0 heterocycles. The topological polar surface area (TPSA) is 110 Å². The van der Waals surface area contributed by atoms with Crippen molar-refractivity contribution in [3.63, 3.8) is 0 Å². The number of nitrogen functional groups attached to an aromatic ring is 1. The fraction of sp³-hybridized carbons (Fsp3) is 0. The molecule has 0 aromatic heterocycles. The highest BCUT2D eigenvalue weighted by atomic mass is 17.1. The molecule has 6 heteroatoms. The fourth-order valence-corrected chi connectivity index (χ4v) is 0.946. The number of carboxylic acids is 1. The van der Waals surface area contributed by atoms with E-state index in [0.717, 1.165) is 6.07 Å². The van der Waals surface area contributed by atoms with Gasteiger partial charge in [0.25, 0.3) is 0 Å². The van der Waals surface area contributed by atoms with Crippen LogP contribution in [0, 0.1) is 0 Å². The maximum Gasteiger partial charge on any atom is 0.372 e. The first-order valence-corrected chi connectivity index (χ1v) is 3.54. The summed E-state index contributed by atoms with van der Waals surface area (Å²) in [6.45, 7) is 0. The monoisotopic (exact) mass is 197 g/mol. The molecule has 0 spiro atoms. The summed E-state index contributed by atoms with van der Waals surface area (Å²) < 4.78 is 0. The highest BCUT2D eigenvalue weighted by molar-refractivity contribution is 5.95. The standard InChI is InChI=1S/C8H7NO5/c9-6-2-4(7(10)11)1-5(3-6)8(12)14-13/h1-3,13H,9H2,(H,10,11). The molecule has 1 aromatic rings. The van der Waals surface area contributed by atoms with Crippen LogP contribution >= 0.6 is 0 Å². The smallest absolute Gasteiger partial charge is 0.372 e. The SMILES string of the molecule is Nc1cc(C(=O)O)cc(C(=O)OO)c1. The Morgan fingerprint density at radius 3 is 2.29 bits per heavy atom. The van der Waals surface area contributed by atoms with Crippen molar-refractivity contribution in [3.8, 4) is 0 Å². The van der Waals surface area contributed by atoms with Crippen LogP contribution in [0.4, 0.5) is 5.69 Å². The van der Waals surface area contributed by atoms with Crippen LogP contribution in [-0.4, -0.2) is 22.3 Å². The van der Waals surface area contributed by atoms with E-state index in [-0.39, 0.29) is 16.8 Å². The van der Waals surface area contributed by atoms with Crippen molar-refractivity contribution in [2.24, 2.45) is 0 Å². The van der Waals surface area contributed by atoms with Crippen molar-refractivity contribution in [1.29, 1.82) is 0 Å². The van der Waals surface area contributed by atoms with Gasteiger partial charge < -0.3 is 10.8 Å². The van der Waals surface area contributed by atoms with Crippen molar-refractivity contribution in [3.05, 3.63) is 29.3 Å². The highest BCUT2D eigenvalue weighted by Crippen LogP contribution is 2.12.